The van der Waals surface area contributed by atoms with Crippen LogP contribution in [0.25, 0.3) is 0 Å². The van der Waals surface area contributed by atoms with Gasteiger partial charge in [-0.25, -0.2) is 0 Å². The van der Waals surface area contributed by atoms with Crippen LogP contribution < -0.4 is 0 Å². The molecule has 0 bridgehead atoms. The molecule has 1 saturated carbocycles. The van der Waals surface area contributed by atoms with Crippen molar-refractivity contribution < 1.29 is 4.52 Å². The normalized spacial score (nSPS) is 23.5. The Morgan fingerprint density at radius 3 is 3.05 bits per heavy atom. The van der Waals surface area contributed by atoms with Gasteiger partial charge in [0.1, 0.15) is 0 Å². The molecular weight excluding hydrogens is 254 g/mol. The molecule has 0 aromatic carbocycles. The maximum atomic E-state index is 5.33. The average molecular weight is 273 g/mol. The Hall–Kier alpha value is -1.69. The van der Waals surface area contributed by atoms with Crippen LogP contribution in [0, 0.1) is 0 Å². The largest absolute Gasteiger partial charge is 0.339 e. The first-order chi connectivity index (χ1) is 9.88. The van der Waals surface area contributed by atoms with Crippen LogP contribution in [0.1, 0.15) is 43.3 Å². The van der Waals surface area contributed by atoms with Gasteiger partial charge in [-0.05, 0) is 38.3 Å². The number of aromatic nitrogens is 4. The zero-order valence-corrected chi connectivity index (χ0v) is 11.5. The van der Waals surface area contributed by atoms with Crippen LogP contribution >= 0.6 is 0 Å². The fourth-order valence-corrected chi connectivity index (χ4v) is 2.94. The Labute approximate surface area is 117 Å². The topological polar surface area (TPSA) is 60.0 Å². The summed E-state index contributed by atoms with van der Waals surface area (Å²) in [5.41, 5.74) is 0. The lowest BCUT2D eigenvalue weighted by Crippen LogP contribution is -2.33. The predicted octanol–water partition coefficient (Wildman–Crippen LogP) is 1.81. The standard InChI is InChI=1S/C14H19N5O/c1-3-12(9-19-8-2-6-15-19)18(7-1)10-13-16-14(20-17-13)11-4-5-11/h2,6,8,11-12H,1,3-5,7,9-10H2/t12-/m0/s1. The lowest BCUT2D eigenvalue weighted by atomic mass is 10.2. The fourth-order valence-electron chi connectivity index (χ4n) is 2.94. The van der Waals surface area contributed by atoms with Gasteiger partial charge in [0.05, 0.1) is 13.1 Å². The van der Waals surface area contributed by atoms with E-state index in [0.29, 0.717) is 12.0 Å². The molecule has 0 radical (unpaired) electrons. The summed E-state index contributed by atoms with van der Waals surface area (Å²) in [4.78, 5) is 6.97. The van der Waals surface area contributed by atoms with E-state index in [1.54, 1.807) is 0 Å². The maximum absolute atomic E-state index is 5.33. The molecule has 3 heterocycles. The summed E-state index contributed by atoms with van der Waals surface area (Å²) in [5, 5.41) is 8.42. The highest BCUT2D eigenvalue weighted by atomic mass is 16.5. The van der Waals surface area contributed by atoms with Crippen molar-refractivity contribution in [3.8, 4) is 0 Å². The van der Waals surface area contributed by atoms with E-state index in [1.807, 2.05) is 23.1 Å². The van der Waals surface area contributed by atoms with E-state index in [-0.39, 0.29) is 0 Å². The minimum atomic E-state index is 0.526. The molecule has 0 spiro atoms. The van der Waals surface area contributed by atoms with Gasteiger partial charge in [-0.2, -0.15) is 10.1 Å². The monoisotopic (exact) mass is 273 g/mol. The smallest absolute Gasteiger partial charge is 0.229 e. The highest BCUT2D eigenvalue weighted by Gasteiger charge is 2.31. The van der Waals surface area contributed by atoms with Crippen LogP contribution in [-0.4, -0.2) is 37.4 Å². The van der Waals surface area contributed by atoms with Crippen LogP contribution in [0.4, 0.5) is 0 Å². The summed E-state index contributed by atoms with van der Waals surface area (Å²) >= 11 is 0. The minimum Gasteiger partial charge on any atom is -0.339 e. The first kappa shape index (κ1) is 12.1. The molecule has 106 valence electrons. The second-order valence-corrected chi connectivity index (χ2v) is 5.82. The second-order valence-electron chi connectivity index (χ2n) is 5.82. The third-order valence-electron chi connectivity index (χ3n) is 4.21. The molecule has 6 heteroatoms. The van der Waals surface area contributed by atoms with Crippen molar-refractivity contribution in [3.05, 3.63) is 30.2 Å². The van der Waals surface area contributed by atoms with Crippen LogP contribution in [0.3, 0.4) is 0 Å². The zero-order chi connectivity index (χ0) is 13.4. The Bertz CT molecular complexity index is 560. The Morgan fingerprint density at radius 1 is 1.30 bits per heavy atom. The first-order valence-electron chi connectivity index (χ1n) is 7.42. The molecule has 4 rings (SSSR count). The van der Waals surface area contributed by atoms with Gasteiger partial charge in [0.15, 0.2) is 5.82 Å². The number of rotatable bonds is 5. The van der Waals surface area contributed by atoms with Crippen molar-refractivity contribution >= 4 is 0 Å². The highest BCUT2D eigenvalue weighted by Crippen LogP contribution is 2.38. The Balaban J connectivity index is 1.40. The molecule has 2 aliphatic rings. The summed E-state index contributed by atoms with van der Waals surface area (Å²) < 4.78 is 7.34. The second kappa shape index (κ2) is 5.01. The molecule has 20 heavy (non-hydrogen) atoms. The summed E-state index contributed by atoms with van der Waals surface area (Å²) in [6, 6.07) is 2.50. The van der Waals surface area contributed by atoms with Crippen molar-refractivity contribution in [3.63, 3.8) is 0 Å². The Kier molecular flexibility index (Phi) is 3.03. The lowest BCUT2D eigenvalue weighted by Gasteiger charge is -2.22. The third-order valence-corrected chi connectivity index (χ3v) is 4.21. The molecule has 0 N–H and O–H groups in total. The fraction of sp³-hybridized carbons (Fsp3) is 0.643. The predicted molar refractivity (Wildman–Crippen MR) is 71.9 cm³/mol. The van der Waals surface area contributed by atoms with Crippen molar-refractivity contribution in [2.24, 2.45) is 0 Å². The summed E-state index contributed by atoms with van der Waals surface area (Å²) in [5.74, 6) is 2.21. The van der Waals surface area contributed by atoms with Crippen LogP contribution in [-0.2, 0) is 13.1 Å². The van der Waals surface area contributed by atoms with Gasteiger partial charge in [-0.15, -0.1) is 0 Å². The van der Waals surface area contributed by atoms with Gasteiger partial charge >= 0.3 is 0 Å². The van der Waals surface area contributed by atoms with E-state index in [1.165, 1.54) is 25.7 Å². The van der Waals surface area contributed by atoms with Gasteiger partial charge in [0.25, 0.3) is 0 Å². The van der Waals surface area contributed by atoms with Gasteiger partial charge < -0.3 is 4.52 Å². The van der Waals surface area contributed by atoms with Crippen LogP contribution in [0.15, 0.2) is 23.0 Å². The van der Waals surface area contributed by atoms with Gasteiger partial charge in [0.2, 0.25) is 5.89 Å². The summed E-state index contributed by atoms with van der Waals surface area (Å²) in [6.45, 7) is 2.85. The molecular formula is C14H19N5O. The molecule has 6 nitrogen and oxygen atoms in total. The van der Waals surface area contributed by atoms with Gasteiger partial charge in [-0.3, -0.25) is 9.58 Å². The van der Waals surface area contributed by atoms with E-state index in [9.17, 15) is 0 Å². The SMILES string of the molecule is c1cnn(C[C@@H]2CCCN2Cc2noc(C3CC3)n2)c1. The maximum Gasteiger partial charge on any atom is 0.229 e. The highest BCUT2D eigenvalue weighted by molar-refractivity contribution is 5.02. The lowest BCUT2D eigenvalue weighted by molar-refractivity contribution is 0.211. The molecule has 2 aromatic rings. The number of hydrogen-bond acceptors (Lipinski definition) is 5. The zero-order valence-electron chi connectivity index (χ0n) is 11.5. The van der Waals surface area contributed by atoms with Crippen LogP contribution in [0.5, 0.6) is 0 Å². The van der Waals surface area contributed by atoms with Crippen molar-refractivity contribution in [1.82, 2.24) is 24.8 Å². The molecule has 1 aliphatic heterocycles. The van der Waals surface area contributed by atoms with Gasteiger partial charge in [0, 0.05) is 24.4 Å². The molecule has 1 aliphatic carbocycles. The van der Waals surface area contributed by atoms with E-state index < -0.39 is 0 Å². The third kappa shape index (κ3) is 2.47. The molecule has 0 unspecified atom stereocenters. The van der Waals surface area contributed by atoms with Crippen molar-refractivity contribution in [2.45, 2.75) is 50.7 Å². The summed E-state index contributed by atoms with van der Waals surface area (Å²) in [7, 11) is 0. The number of nitrogens with zero attached hydrogens (tertiary/aromatic N) is 5. The quantitative estimate of drug-likeness (QED) is 0.831. The minimum absolute atomic E-state index is 0.526. The van der Waals surface area contributed by atoms with Crippen molar-refractivity contribution in [2.75, 3.05) is 6.54 Å². The first-order valence-corrected chi connectivity index (χ1v) is 7.42. The van der Waals surface area contributed by atoms with E-state index in [0.717, 1.165) is 31.3 Å². The van der Waals surface area contributed by atoms with Gasteiger partial charge in [-0.1, -0.05) is 5.16 Å². The van der Waals surface area contributed by atoms with E-state index >= 15 is 0 Å². The average Bonchev–Trinajstić information content (AvgIpc) is 2.88. The Morgan fingerprint density at radius 2 is 2.25 bits per heavy atom. The van der Waals surface area contributed by atoms with E-state index in [4.69, 9.17) is 4.52 Å². The van der Waals surface area contributed by atoms with E-state index in [2.05, 4.69) is 20.1 Å². The van der Waals surface area contributed by atoms with Crippen molar-refractivity contribution in [1.29, 1.82) is 0 Å². The molecule has 2 fully saturated rings. The molecule has 2 aromatic heterocycles. The molecule has 1 atom stereocenters. The molecule has 0 amide bonds. The number of hydrogen-bond donors (Lipinski definition) is 0. The number of likely N-dealkylation sites (tertiary alicyclic amines) is 1. The molecule has 1 saturated heterocycles. The summed E-state index contributed by atoms with van der Waals surface area (Å²) in [6.07, 6.45) is 8.71. The van der Waals surface area contributed by atoms with Crippen LogP contribution in [0.2, 0.25) is 0 Å².